The van der Waals surface area contributed by atoms with Crippen molar-refractivity contribution in [1.29, 1.82) is 0 Å². The van der Waals surface area contributed by atoms with Gasteiger partial charge in [-0.15, -0.1) is 0 Å². The van der Waals surface area contributed by atoms with Gasteiger partial charge >= 0.3 is 0 Å². The van der Waals surface area contributed by atoms with Gasteiger partial charge in [0, 0.05) is 16.4 Å². The Morgan fingerprint density at radius 2 is 1.94 bits per heavy atom. The maximum Gasteiger partial charge on any atom is 0.0213 e. The SMILES string of the molecule is CCNCC1(c2ccccc2Br)CC=CC1. The Kier molecular flexibility index (Phi) is 3.82. The van der Waals surface area contributed by atoms with Gasteiger partial charge in [0.1, 0.15) is 0 Å². The molecule has 0 radical (unpaired) electrons. The van der Waals surface area contributed by atoms with Crippen LogP contribution in [0.5, 0.6) is 0 Å². The molecule has 0 aromatic heterocycles. The topological polar surface area (TPSA) is 12.0 Å². The van der Waals surface area contributed by atoms with Crippen molar-refractivity contribution in [2.45, 2.75) is 25.2 Å². The van der Waals surface area contributed by atoms with Crippen LogP contribution in [-0.4, -0.2) is 13.1 Å². The van der Waals surface area contributed by atoms with Crippen LogP contribution in [0.25, 0.3) is 0 Å². The highest BCUT2D eigenvalue weighted by Gasteiger charge is 2.33. The third-order valence-corrected chi connectivity index (χ3v) is 4.03. The Labute approximate surface area is 106 Å². The average Bonchev–Trinajstić information content (AvgIpc) is 2.77. The molecule has 1 aromatic rings. The molecule has 2 rings (SSSR count). The molecule has 86 valence electrons. The molecule has 0 aliphatic heterocycles. The Morgan fingerprint density at radius 1 is 1.25 bits per heavy atom. The van der Waals surface area contributed by atoms with Crippen LogP contribution in [0, 0.1) is 0 Å². The van der Waals surface area contributed by atoms with E-state index >= 15 is 0 Å². The minimum absolute atomic E-state index is 0.260. The Balaban J connectivity index is 2.29. The molecule has 0 fully saturated rings. The van der Waals surface area contributed by atoms with E-state index < -0.39 is 0 Å². The van der Waals surface area contributed by atoms with Crippen molar-refractivity contribution in [3.8, 4) is 0 Å². The molecule has 1 aliphatic rings. The van der Waals surface area contributed by atoms with Crippen molar-refractivity contribution in [2.24, 2.45) is 0 Å². The first kappa shape index (κ1) is 11.9. The number of benzene rings is 1. The van der Waals surface area contributed by atoms with E-state index in [1.54, 1.807) is 0 Å². The summed E-state index contributed by atoms with van der Waals surface area (Å²) < 4.78 is 1.23. The largest absolute Gasteiger partial charge is 0.316 e. The lowest BCUT2D eigenvalue weighted by atomic mass is 9.78. The van der Waals surface area contributed by atoms with Crippen LogP contribution in [0.2, 0.25) is 0 Å². The van der Waals surface area contributed by atoms with Gasteiger partial charge < -0.3 is 5.32 Å². The quantitative estimate of drug-likeness (QED) is 0.830. The van der Waals surface area contributed by atoms with E-state index in [9.17, 15) is 0 Å². The van der Waals surface area contributed by atoms with E-state index in [0.717, 1.165) is 25.9 Å². The van der Waals surface area contributed by atoms with Crippen LogP contribution in [0.3, 0.4) is 0 Å². The summed E-state index contributed by atoms with van der Waals surface area (Å²) in [5, 5.41) is 3.50. The van der Waals surface area contributed by atoms with E-state index in [4.69, 9.17) is 0 Å². The summed E-state index contributed by atoms with van der Waals surface area (Å²) in [6, 6.07) is 8.60. The second-order valence-electron chi connectivity index (χ2n) is 4.42. The number of hydrogen-bond acceptors (Lipinski definition) is 1. The Bertz CT molecular complexity index is 376. The predicted octanol–water partition coefficient (Wildman–Crippen LogP) is 3.65. The number of nitrogens with one attached hydrogen (secondary N) is 1. The lowest BCUT2D eigenvalue weighted by molar-refractivity contribution is 0.422. The molecule has 1 nitrogen and oxygen atoms in total. The first-order valence-electron chi connectivity index (χ1n) is 5.89. The summed E-state index contributed by atoms with van der Waals surface area (Å²) in [4.78, 5) is 0. The van der Waals surface area contributed by atoms with E-state index in [1.807, 2.05) is 0 Å². The van der Waals surface area contributed by atoms with Crippen molar-refractivity contribution in [2.75, 3.05) is 13.1 Å². The molecule has 1 aliphatic carbocycles. The lowest BCUT2D eigenvalue weighted by Gasteiger charge is -2.31. The van der Waals surface area contributed by atoms with E-state index in [-0.39, 0.29) is 5.41 Å². The summed E-state index contributed by atoms with van der Waals surface area (Å²) in [6.07, 6.45) is 6.89. The second-order valence-corrected chi connectivity index (χ2v) is 5.27. The smallest absolute Gasteiger partial charge is 0.0213 e. The fourth-order valence-electron chi connectivity index (χ4n) is 2.42. The van der Waals surface area contributed by atoms with Gasteiger partial charge in [0.15, 0.2) is 0 Å². The number of halogens is 1. The van der Waals surface area contributed by atoms with Crippen LogP contribution >= 0.6 is 15.9 Å². The summed E-state index contributed by atoms with van der Waals surface area (Å²) in [7, 11) is 0. The van der Waals surface area contributed by atoms with Gasteiger partial charge in [-0.1, -0.05) is 53.2 Å². The zero-order valence-corrected chi connectivity index (χ0v) is 11.3. The van der Waals surface area contributed by atoms with Crippen LogP contribution < -0.4 is 5.32 Å². The first-order chi connectivity index (χ1) is 7.78. The number of allylic oxidation sites excluding steroid dienone is 2. The van der Waals surface area contributed by atoms with Gasteiger partial charge in [-0.05, 0) is 31.0 Å². The van der Waals surface area contributed by atoms with Crippen LogP contribution in [0.15, 0.2) is 40.9 Å². The molecule has 2 heteroatoms. The Hall–Kier alpha value is -0.600. The maximum atomic E-state index is 3.68. The van der Waals surface area contributed by atoms with E-state index in [2.05, 4.69) is 64.6 Å². The normalized spacial score (nSPS) is 17.9. The van der Waals surface area contributed by atoms with Crippen molar-refractivity contribution in [3.05, 3.63) is 46.5 Å². The summed E-state index contributed by atoms with van der Waals surface area (Å²) in [5.41, 5.74) is 1.69. The molecule has 0 atom stereocenters. The highest BCUT2D eigenvalue weighted by atomic mass is 79.9. The van der Waals surface area contributed by atoms with Crippen molar-refractivity contribution in [3.63, 3.8) is 0 Å². The fraction of sp³-hybridized carbons (Fsp3) is 0.429. The van der Waals surface area contributed by atoms with Gasteiger partial charge in [-0.2, -0.15) is 0 Å². The predicted molar refractivity (Wildman–Crippen MR) is 72.7 cm³/mol. The molecular weight excluding hydrogens is 262 g/mol. The summed E-state index contributed by atoms with van der Waals surface area (Å²) in [5.74, 6) is 0. The van der Waals surface area contributed by atoms with Gasteiger partial charge in [-0.3, -0.25) is 0 Å². The van der Waals surface area contributed by atoms with Gasteiger partial charge in [0.2, 0.25) is 0 Å². The number of hydrogen-bond donors (Lipinski definition) is 1. The third kappa shape index (κ3) is 2.23. The monoisotopic (exact) mass is 279 g/mol. The first-order valence-corrected chi connectivity index (χ1v) is 6.68. The van der Waals surface area contributed by atoms with Crippen LogP contribution in [-0.2, 0) is 5.41 Å². The molecular formula is C14H18BrN. The highest BCUT2D eigenvalue weighted by Crippen LogP contribution is 2.39. The summed E-state index contributed by atoms with van der Waals surface area (Å²) >= 11 is 3.68. The molecule has 0 spiro atoms. The third-order valence-electron chi connectivity index (χ3n) is 3.34. The number of rotatable bonds is 4. The van der Waals surface area contributed by atoms with Gasteiger partial charge in [0.05, 0.1) is 0 Å². The van der Waals surface area contributed by atoms with Gasteiger partial charge in [-0.25, -0.2) is 0 Å². The highest BCUT2D eigenvalue weighted by molar-refractivity contribution is 9.10. The molecule has 0 bridgehead atoms. The average molecular weight is 280 g/mol. The molecule has 0 heterocycles. The molecule has 16 heavy (non-hydrogen) atoms. The molecule has 1 N–H and O–H groups in total. The fourth-order valence-corrected chi connectivity index (χ4v) is 3.12. The minimum Gasteiger partial charge on any atom is -0.316 e. The standard InChI is InChI=1S/C14H18BrN/c1-2-16-11-14(9-5-6-10-14)12-7-3-4-8-13(12)15/h3-8,16H,2,9-11H2,1H3. The summed E-state index contributed by atoms with van der Waals surface area (Å²) in [6.45, 7) is 4.25. The lowest BCUT2D eigenvalue weighted by Crippen LogP contribution is -2.36. The number of likely N-dealkylation sites (N-methyl/N-ethyl adjacent to an activating group) is 1. The van der Waals surface area contributed by atoms with E-state index in [1.165, 1.54) is 10.0 Å². The second kappa shape index (κ2) is 5.15. The Morgan fingerprint density at radius 3 is 2.56 bits per heavy atom. The molecule has 0 saturated carbocycles. The van der Waals surface area contributed by atoms with E-state index in [0.29, 0.717) is 0 Å². The minimum atomic E-state index is 0.260. The molecule has 0 saturated heterocycles. The van der Waals surface area contributed by atoms with Gasteiger partial charge in [0.25, 0.3) is 0 Å². The maximum absolute atomic E-state index is 3.68. The van der Waals surface area contributed by atoms with Crippen molar-refractivity contribution in [1.82, 2.24) is 5.32 Å². The van der Waals surface area contributed by atoms with Crippen molar-refractivity contribution >= 4 is 15.9 Å². The molecule has 0 unspecified atom stereocenters. The van der Waals surface area contributed by atoms with Crippen LogP contribution in [0.4, 0.5) is 0 Å². The van der Waals surface area contributed by atoms with Crippen LogP contribution in [0.1, 0.15) is 25.3 Å². The zero-order chi connectivity index (χ0) is 11.4. The molecule has 0 amide bonds. The zero-order valence-electron chi connectivity index (χ0n) is 9.67. The molecule has 1 aromatic carbocycles. The van der Waals surface area contributed by atoms with Crippen molar-refractivity contribution < 1.29 is 0 Å².